The van der Waals surface area contributed by atoms with Crippen molar-refractivity contribution < 1.29 is 18.9 Å². The predicted octanol–water partition coefficient (Wildman–Crippen LogP) is 2.00. The van der Waals surface area contributed by atoms with E-state index in [1.807, 2.05) is 36.4 Å². The lowest BCUT2D eigenvalue weighted by atomic mass is 9.89. The van der Waals surface area contributed by atoms with Gasteiger partial charge in [-0.2, -0.15) is 0 Å². The number of aromatic nitrogens is 1. The van der Waals surface area contributed by atoms with E-state index in [1.54, 1.807) is 9.80 Å². The smallest absolute Gasteiger partial charge is 0.246 e. The normalized spacial score (nSPS) is 21.0. The van der Waals surface area contributed by atoms with Gasteiger partial charge in [0.05, 0.1) is 0 Å². The third kappa shape index (κ3) is 4.33. The fraction of sp³-hybridized carbons (Fsp3) is 0.478. The molecule has 4 rings (SSSR count). The van der Waals surface area contributed by atoms with Crippen LogP contribution in [0.5, 0.6) is 0 Å². The molecule has 164 valence electrons. The van der Waals surface area contributed by atoms with Crippen LogP contribution in [0.4, 0.5) is 0 Å². The summed E-state index contributed by atoms with van der Waals surface area (Å²) in [5.74, 6) is 0.358. The quantitative estimate of drug-likeness (QED) is 0.734. The molecule has 1 atom stereocenters. The van der Waals surface area contributed by atoms with Crippen LogP contribution >= 0.6 is 0 Å². The van der Waals surface area contributed by atoms with E-state index >= 15 is 0 Å². The number of hydrogen-bond donors (Lipinski definition) is 1. The first-order valence-electron chi connectivity index (χ1n) is 10.8. The molecule has 31 heavy (non-hydrogen) atoms. The topological polar surface area (TPSA) is 95.8 Å². The average Bonchev–Trinajstić information content (AvgIpc) is 3.50. The van der Waals surface area contributed by atoms with Crippen molar-refractivity contribution in [1.29, 1.82) is 0 Å². The first-order chi connectivity index (χ1) is 15.0. The maximum atomic E-state index is 13.3. The van der Waals surface area contributed by atoms with Crippen molar-refractivity contribution in [1.82, 2.24) is 20.3 Å². The number of nitrogens with one attached hydrogen (secondary N) is 1. The fourth-order valence-corrected chi connectivity index (χ4v) is 4.68. The highest BCUT2D eigenvalue weighted by Crippen LogP contribution is 2.34. The maximum absolute atomic E-state index is 13.3. The van der Waals surface area contributed by atoms with Gasteiger partial charge in [-0.1, -0.05) is 35.5 Å². The molecule has 1 aromatic heterocycles. The number of likely N-dealkylation sites (tertiary alicyclic amines) is 2. The number of amides is 3. The van der Waals surface area contributed by atoms with Gasteiger partial charge in [0.2, 0.25) is 17.7 Å². The van der Waals surface area contributed by atoms with E-state index < -0.39 is 5.54 Å². The van der Waals surface area contributed by atoms with Crippen molar-refractivity contribution in [2.75, 3.05) is 26.2 Å². The Labute approximate surface area is 181 Å². The van der Waals surface area contributed by atoms with Gasteiger partial charge in [0, 0.05) is 57.6 Å². The standard InChI is InChI=1S/C23H28N4O4/c1-17(28)27-13-6-10-23(27,22(30)24-11-14-26-12-5-9-21(26)29)16-19-15-20(25-31-19)18-7-3-2-4-8-18/h2-4,7-8,15H,5-6,9-14,16H2,1H3,(H,24,30)/t23-/m0/s1. The average molecular weight is 425 g/mol. The molecule has 1 N–H and O–H groups in total. The Hall–Kier alpha value is -3.16. The molecule has 2 aromatic rings. The van der Waals surface area contributed by atoms with Crippen molar-refractivity contribution in [3.63, 3.8) is 0 Å². The van der Waals surface area contributed by atoms with Crippen molar-refractivity contribution >= 4 is 17.7 Å². The lowest BCUT2D eigenvalue weighted by molar-refractivity contribution is -0.144. The summed E-state index contributed by atoms with van der Waals surface area (Å²) in [5.41, 5.74) is 0.626. The highest BCUT2D eigenvalue weighted by Gasteiger charge is 2.49. The van der Waals surface area contributed by atoms with Gasteiger partial charge in [0.1, 0.15) is 17.0 Å². The monoisotopic (exact) mass is 424 g/mol. The van der Waals surface area contributed by atoms with Gasteiger partial charge in [0.25, 0.3) is 0 Å². The number of carbonyl (C=O) groups excluding carboxylic acids is 3. The molecule has 2 saturated heterocycles. The van der Waals surface area contributed by atoms with E-state index in [-0.39, 0.29) is 24.1 Å². The molecule has 0 radical (unpaired) electrons. The molecule has 0 bridgehead atoms. The molecule has 8 nitrogen and oxygen atoms in total. The minimum absolute atomic E-state index is 0.130. The van der Waals surface area contributed by atoms with E-state index in [2.05, 4.69) is 10.5 Å². The molecule has 0 unspecified atom stereocenters. The van der Waals surface area contributed by atoms with Gasteiger partial charge >= 0.3 is 0 Å². The van der Waals surface area contributed by atoms with Crippen molar-refractivity contribution in [2.45, 2.75) is 44.6 Å². The van der Waals surface area contributed by atoms with Gasteiger partial charge in [-0.25, -0.2) is 0 Å². The van der Waals surface area contributed by atoms with Gasteiger partial charge in [-0.05, 0) is 19.3 Å². The molecular weight excluding hydrogens is 396 g/mol. The second-order valence-electron chi connectivity index (χ2n) is 8.27. The van der Waals surface area contributed by atoms with E-state index in [9.17, 15) is 14.4 Å². The molecule has 0 spiro atoms. The minimum Gasteiger partial charge on any atom is -0.361 e. The summed E-state index contributed by atoms with van der Waals surface area (Å²) in [6.07, 6.45) is 3.01. The summed E-state index contributed by atoms with van der Waals surface area (Å²) in [7, 11) is 0. The summed E-state index contributed by atoms with van der Waals surface area (Å²) in [4.78, 5) is 40.9. The molecule has 3 heterocycles. The zero-order valence-electron chi connectivity index (χ0n) is 17.8. The van der Waals surface area contributed by atoms with Crippen LogP contribution in [0.1, 0.15) is 38.4 Å². The second-order valence-corrected chi connectivity index (χ2v) is 8.27. The molecule has 3 amide bonds. The Morgan fingerprint density at radius 2 is 2.00 bits per heavy atom. The number of carbonyl (C=O) groups is 3. The van der Waals surface area contributed by atoms with Crippen molar-refractivity contribution in [3.8, 4) is 11.3 Å². The first kappa shape index (κ1) is 21.1. The third-order valence-corrected chi connectivity index (χ3v) is 6.23. The van der Waals surface area contributed by atoms with Gasteiger partial charge in [-0.15, -0.1) is 0 Å². The zero-order valence-corrected chi connectivity index (χ0v) is 17.8. The third-order valence-electron chi connectivity index (χ3n) is 6.23. The minimum atomic E-state index is -1.01. The highest BCUT2D eigenvalue weighted by molar-refractivity contribution is 5.92. The number of benzene rings is 1. The Balaban J connectivity index is 1.50. The van der Waals surface area contributed by atoms with Crippen LogP contribution in [0, 0.1) is 0 Å². The molecule has 0 aliphatic carbocycles. The summed E-state index contributed by atoms with van der Waals surface area (Å²) in [6, 6.07) is 11.5. The van der Waals surface area contributed by atoms with Gasteiger partial charge < -0.3 is 19.6 Å². The van der Waals surface area contributed by atoms with Crippen LogP contribution in [0.2, 0.25) is 0 Å². The van der Waals surface area contributed by atoms with Crippen LogP contribution in [0.3, 0.4) is 0 Å². The summed E-state index contributed by atoms with van der Waals surface area (Å²) in [6.45, 7) is 3.61. The molecule has 2 fully saturated rings. The Kier molecular flexibility index (Phi) is 6.06. The van der Waals surface area contributed by atoms with E-state index in [0.717, 1.165) is 24.9 Å². The number of nitrogens with zero attached hydrogens (tertiary/aromatic N) is 3. The molecule has 1 aromatic carbocycles. The second kappa shape index (κ2) is 8.91. The van der Waals surface area contributed by atoms with Crippen LogP contribution in [-0.4, -0.2) is 64.4 Å². The lowest BCUT2D eigenvalue weighted by Gasteiger charge is -2.36. The highest BCUT2D eigenvalue weighted by atomic mass is 16.5. The molecular formula is C23H28N4O4. The van der Waals surface area contributed by atoms with Crippen molar-refractivity contribution in [3.05, 3.63) is 42.2 Å². The van der Waals surface area contributed by atoms with Crippen LogP contribution in [-0.2, 0) is 20.8 Å². The fourth-order valence-electron chi connectivity index (χ4n) is 4.68. The number of rotatable bonds is 7. The van der Waals surface area contributed by atoms with E-state index in [0.29, 0.717) is 43.9 Å². The first-order valence-corrected chi connectivity index (χ1v) is 10.8. The lowest BCUT2D eigenvalue weighted by Crippen LogP contribution is -2.59. The van der Waals surface area contributed by atoms with Crippen molar-refractivity contribution in [2.24, 2.45) is 0 Å². The molecule has 0 saturated carbocycles. The van der Waals surface area contributed by atoms with E-state index in [4.69, 9.17) is 4.52 Å². The summed E-state index contributed by atoms with van der Waals surface area (Å²) in [5, 5.41) is 7.12. The Morgan fingerprint density at radius 3 is 2.71 bits per heavy atom. The van der Waals surface area contributed by atoms with Gasteiger partial charge in [0.15, 0.2) is 0 Å². The van der Waals surface area contributed by atoms with Crippen LogP contribution < -0.4 is 5.32 Å². The molecule has 2 aliphatic rings. The summed E-state index contributed by atoms with van der Waals surface area (Å²) >= 11 is 0. The van der Waals surface area contributed by atoms with E-state index in [1.165, 1.54) is 6.92 Å². The van der Waals surface area contributed by atoms with Crippen LogP contribution in [0.15, 0.2) is 40.9 Å². The summed E-state index contributed by atoms with van der Waals surface area (Å²) < 4.78 is 5.56. The maximum Gasteiger partial charge on any atom is 0.246 e. The molecule has 2 aliphatic heterocycles. The van der Waals surface area contributed by atoms with Gasteiger partial charge in [-0.3, -0.25) is 14.4 Å². The Bertz CT molecular complexity index is 957. The SMILES string of the molecule is CC(=O)N1CCC[C@]1(Cc1cc(-c2ccccc2)no1)C(=O)NCCN1CCCC1=O. The predicted molar refractivity (Wildman–Crippen MR) is 114 cm³/mol. The Morgan fingerprint density at radius 1 is 1.19 bits per heavy atom. The van der Waals surface area contributed by atoms with Crippen LogP contribution in [0.25, 0.3) is 11.3 Å². The molecule has 8 heteroatoms. The zero-order chi connectivity index (χ0) is 21.8. The largest absolute Gasteiger partial charge is 0.361 e. The number of hydrogen-bond acceptors (Lipinski definition) is 5.